The Morgan fingerprint density at radius 3 is 2.38 bits per heavy atom. The van der Waals surface area contributed by atoms with Crippen LogP contribution in [0.15, 0.2) is 12.2 Å². The molecule has 0 atom stereocenters. The highest BCUT2D eigenvalue weighted by Gasteiger charge is 2.02. The number of rotatable bonds is 3. The lowest BCUT2D eigenvalue weighted by molar-refractivity contribution is 0.331. The number of aromatic nitrogens is 3. The van der Waals surface area contributed by atoms with Crippen molar-refractivity contribution in [2.45, 2.75) is 6.92 Å². The highest BCUT2D eigenvalue weighted by molar-refractivity contribution is 6.31. The van der Waals surface area contributed by atoms with Crippen LogP contribution in [0.2, 0.25) is 10.6 Å². The van der Waals surface area contributed by atoms with E-state index in [2.05, 4.69) is 15.0 Å². The van der Waals surface area contributed by atoms with Gasteiger partial charge in [-0.15, -0.1) is 0 Å². The standard InChI is InChI=1S/C7H7Cl2N3O/c1-2-3-4-13-7-11-5(8)10-6(9)12-7/h2-3H,4H2,1H3. The van der Waals surface area contributed by atoms with Gasteiger partial charge in [0.1, 0.15) is 6.61 Å². The maximum absolute atomic E-state index is 5.52. The summed E-state index contributed by atoms with van der Waals surface area (Å²) in [6.07, 6.45) is 3.66. The van der Waals surface area contributed by atoms with Gasteiger partial charge < -0.3 is 4.74 Å². The van der Waals surface area contributed by atoms with E-state index in [-0.39, 0.29) is 16.6 Å². The van der Waals surface area contributed by atoms with Gasteiger partial charge in [0.15, 0.2) is 0 Å². The molecule has 0 aliphatic carbocycles. The van der Waals surface area contributed by atoms with Crippen molar-refractivity contribution in [2.75, 3.05) is 6.61 Å². The Bertz CT molecular complexity index is 296. The van der Waals surface area contributed by atoms with Crippen LogP contribution in [-0.4, -0.2) is 21.6 Å². The molecule has 1 heterocycles. The molecule has 0 aliphatic rings. The second-order valence-corrected chi connectivity index (χ2v) is 2.71. The Balaban J connectivity index is 2.66. The van der Waals surface area contributed by atoms with E-state index in [0.29, 0.717) is 6.61 Å². The average Bonchev–Trinajstić information content (AvgIpc) is 2.03. The molecule has 0 radical (unpaired) electrons. The molecule has 6 heteroatoms. The summed E-state index contributed by atoms with van der Waals surface area (Å²) in [7, 11) is 0. The molecule has 0 amide bonds. The summed E-state index contributed by atoms with van der Waals surface area (Å²) in [6.45, 7) is 2.27. The van der Waals surface area contributed by atoms with Crippen LogP contribution in [0.1, 0.15) is 6.92 Å². The van der Waals surface area contributed by atoms with Gasteiger partial charge in [0, 0.05) is 0 Å². The van der Waals surface area contributed by atoms with Gasteiger partial charge in [-0.05, 0) is 30.1 Å². The van der Waals surface area contributed by atoms with Gasteiger partial charge in [0.2, 0.25) is 10.6 Å². The normalized spacial score (nSPS) is 10.7. The van der Waals surface area contributed by atoms with Crippen LogP contribution in [-0.2, 0) is 0 Å². The molecule has 13 heavy (non-hydrogen) atoms. The van der Waals surface area contributed by atoms with Crippen LogP contribution < -0.4 is 4.74 Å². The minimum atomic E-state index is 0.0236. The van der Waals surface area contributed by atoms with Crippen LogP contribution in [0.25, 0.3) is 0 Å². The predicted molar refractivity (Wildman–Crippen MR) is 50.2 cm³/mol. The quantitative estimate of drug-likeness (QED) is 0.732. The van der Waals surface area contributed by atoms with Crippen molar-refractivity contribution in [3.05, 3.63) is 22.7 Å². The number of hydrogen-bond donors (Lipinski definition) is 0. The fourth-order valence-corrected chi connectivity index (χ4v) is 0.940. The molecule has 0 aliphatic heterocycles. The summed E-state index contributed by atoms with van der Waals surface area (Å²) in [4.78, 5) is 11.0. The third-order valence-corrected chi connectivity index (χ3v) is 1.44. The number of hydrogen-bond acceptors (Lipinski definition) is 4. The first-order valence-corrected chi connectivity index (χ1v) is 4.29. The van der Waals surface area contributed by atoms with Crippen LogP contribution in [0, 0.1) is 0 Å². The summed E-state index contributed by atoms with van der Waals surface area (Å²) >= 11 is 11.0. The fourth-order valence-electron chi connectivity index (χ4n) is 0.592. The van der Waals surface area contributed by atoms with E-state index in [1.807, 2.05) is 19.1 Å². The number of nitrogens with zero attached hydrogens (tertiary/aromatic N) is 3. The molecule has 1 aromatic heterocycles. The largest absolute Gasteiger partial charge is 0.459 e. The molecule has 0 aromatic carbocycles. The van der Waals surface area contributed by atoms with Crippen molar-refractivity contribution in [1.29, 1.82) is 0 Å². The Morgan fingerprint density at radius 1 is 1.23 bits per heavy atom. The summed E-state index contributed by atoms with van der Waals surface area (Å²) < 4.78 is 5.09. The topological polar surface area (TPSA) is 47.9 Å². The van der Waals surface area contributed by atoms with Crippen LogP contribution in [0.3, 0.4) is 0 Å². The van der Waals surface area contributed by atoms with Gasteiger partial charge in [-0.3, -0.25) is 0 Å². The van der Waals surface area contributed by atoms with E-state index in [4.69, 9.17) is 27.9 Å². The molecule has 1 rings (SSSR count). The van der Waals surface area contributed by atoms with Crippen LogP contribution >= 0.6 is 23.2 Å². The summed E-state index contributed by atoms with van der Waals surface area (Å²) in [5.41, 5.74) is 0. The van der Waals surface area contributed by atoms with Crippen molar-refractivity contribution in [2.24, 2.45) is 0 Å². The monoisotopic (exact) mass is 219 g/mol. The molecule has 1 aromatic rings. The molecule has 0 unspecified atom stereocenters. The zero-order valence-electron chi connectivity index (χ0n) is 6.87. The zero-order chi connectivity index (χ0) is 9.68. The number of halogens is 2. The molecular formula is C7H7Cl2N3O. The van der Waals surface area contributed by atoms with Crippen molar-refractivity contribution in [3.8, 4) is 6.01 Å². The van der Waals surface area contributed by atoms with E-state index >= 15 is 0 Å². The SMILES string of the molecule is CC=CCOc1nc(Cl)nc(Cl)n1. The predicted octanol–water partition coefficient (Wildman–Crippen LogP) is 2.13. The van der Waals surface area contributed by atoms with E-state index in [1.165, 1.54) is 0 Å². The van der Waals surface area contributed by atoms with Gasteiger partial charge in [0.05, 0.1) is 0 Å². The van der Waals surface area contributed by atoms with Gasteiger partial charge >= 0.3 is 6.01 Å². The molecule has 0 fully saturated rings. The maximum Gasteiger partial charge on any atom is 0.322 e. The minimum Gasteiger partial charge on any atom is -0.459 e. The van der Waals surface area contributed by atoms with Gasteiger partial charge in [-0.1, -0.05) is 12.2 Å². The Hall–Kier alpha value is -0.870. The van der Waals surface area contributed by atoms with Gasteiger partial charge in [-0.25, -0.2) is 0 Å². The zero-order valence-corrected chi connectivity index (χ0v) is 8.38. The van der Waals surface area contributed by atoms with Crippen LogP contribution in [0.5, 0.6) is 6.01 Å². The molecule has 70 valence electrons. The van der Waals surface area contributed by atoms with Crippen molar-refractivity contribution in [3.63, 3.8) is 0 Å². The molecule has 4 nitrogen and oxygen atoms in total. The van der Waals surface area contributed by atoms with Gasteiger partial charge in [0.25, 0.3) is 0 Å². The van der Waals surface area contributed by atoms with Crippen molar-refractivity contribution < 1.29 is 4.74 Å². The Labute approximate surface area is 85.6 Å². The second kappa shape index (κ2) is 4.99. The first-order valence-electron chi connectivity index (χ1n) is 3.53. The smallest absolute Gasteiger partial charge is 0.322 e. The lowest BCUT2D eigenvalue weighted by Crippen LogP contribution is -2.00. The molecule has 0 spiro atoms. The van der Waals surface area contributed by atoms with E-state index < -0.39 is 0 Å². The molecule has 0 saturated carbocycles. The van der Waals surface area contributed by atoms with E-state index in [1.54, 1.807) is 0 Å². The third-order valence-electron chi connectivity index (χ3n) is 1.10. The Morgan fingerprint density at radius 2 is 1.85 bits per heavy atom. The van der Waals surface area contributed by atoms with Crippen molar-refractivity contribution >= 4 is 23.2 Å². The minimum absolute atomic E-state index is 0.0236. The van der Waals surface area contributed by atoms with E-state index in [9.17, 15) is 0 Å². The number of ether oxygens (including phenoxy) is 1. The molecular weight excluding hydrogens is 213 g/mol. The Kier molecular flexibility index (Phi) is 3.92. The summed E-state index contributed by atoms with van der Waals surface area (Å²) in [6, 6.07) is 0.128. The average molecular weight is 220 g/mol. The second-order valence-electron chi connectivity index (χ2n) is 2.04. The highest BCUT2D eigenvalue weighted by atomic mass is 35.5. The highest BCUT2D eigenvalue weighted by Crippen LogP contribution is 2.10. The summed E-state index contributed by atoms with van der Waals surface area (Å²) in [5.74, 6) is 0. The summed E-state index contributed by atoms with van der Waals surface area (Å²) in [5, 5.41) is 0.0472. The van der Waals surface area contributed by atoms with Crippen LogP contribution in [0.4, 0.5) is 0 Å². The first-order chi connectivity index (χ1) is 6.22. The lowest BCUT2D eigenvalue weighted by Gasteiger charge is -2.00. The number of allylic oxidation sites excluding steroid dienone is 1. The van der Waals surface area contributed by atoms with Crippen molar-refractivity contribution in [1.82, 2.24) is 15.0 Å². The molecule has 0 bridgehead atoms. The third kappa shape index (κ3) is 3.57. The maximum atomic E-state index is 5.52. The molecule has 0 saturated heterocycles. The lowest BCUT2D eigenvalue weighted by atomic mass is 10.6. The molecule has 0 N–H and O–H groups in total. The fraction of sp³-hybridized carbons (Fsp3) is 0.286. The van der Waals surface area contributed by atoms with E-state index in [0.717, 1.165) is 0 Å². The van der Waals surface area contributed by atoms with Gasteiger partial charge in [-0.2, -0.15) is 15.0 Å². The first kappa shape index (κ1) is 10.2.